The molecule has 106 valence electrons. The van der Waals surface area contributed by atoms with Crippen LogP contribution in [0.5, 0.6) is 0 Å². The number of anilines is 1. The van der Waals surface area contributed by atoms with E-state index in [1.807, 2.05) is 30.3 Å². The van der Waals surface area contributed by atoms with Crippen molar-refractivity contribution in [2.24, 2.45) is 5.92 Å². The van der Waals surface area contributed by atoms with Gasteiger partial charge in [-0.15, -0.1) is 10.2 Å². The molecule has 0 aliphatic carbocycles. The van der Waals surface area contributed by atoms with Crippen LogP contribution in [0.25, 0.3) is 0 Å². The van der Waals surface area contributed by atoms with Gasteiger partial charge in [-0.2, -0.15) is 0 Å². The highest BCUT2D eigenvalue weighted by atomic mass is 32.2. The molecule has 20 heavy (non-hydrogen) atoms. The topological polar surface area (TPSA) is 54.9 Å². The van der Waals surface area contributed by atoms with Crippen LogP contribution in [-0.2, 0) is 0 Å². The highest BCUT2D eigenvalue weighted by Gasteiger charge is 2.13. The second-order valence-corrected chi connectivity index (χ2v) is 6.76. The Kier molecular flexibility index (Phi) is 5.55. The van der Waals surface area contributed by atoms with Crippen LogP contribution in [-0.4, -0.2) is 21.9 Å². The van der Waals surface area contributed by atoms with Crippen molar-refractivity contribution in [3.63, 3.8) is 0 Å². The highest BCUT2D eigenvalue weighted by molar-refractivity contribution is 8.01. The van der Waals surface area contributed by atoms with Crippen LogP contribution >= 0.6 is 23.1 Å². The summed E-state index contributed by atoms with van der Waals surface area (Å²) < 4.78 is 0.850. The van der Waals surface area contributed by atoms with Gasteiger partial charge in [-0.05, 0) is 18.1 Å². The maximum absolute atomic E-state index is 12.0. The molecule has 6 heteroatoms. The summed E-state index contributed by atoms with van der Waals surface area (Å²) in [4.78, 5) is 12.0. The number of para-hydroxylation sites is 1. The summed E-state index contributed by atoms with van der Waals surface area (Å²) in [5.74, 6) is 1.44. The largest absolute Gasteiger partial charge is 0.320 e. The smallest absolute Gasteiger partial charge is 0.286 e. The van der Waals surface area contributed by atoms with Crippen molar-refractivity contribution >= 4 is 34.7 Å². The van der Waals surface area contributed by atoms with Gasteiger partial charge in [-0.25, -0.2) is 0 Å². The van der Waals surface area contributed by atoms with Gasteiger partial charge >= 0.3 is 0 Å². The van der Waals surface area contributed by atoms with E-state index >= 15 is 0 Å². The normalized spacial score (nSPS) is 12.1. The molecule has 0 aliphatic heterocycles. The molecule has 0 bridgehead atoms. The molecule has 0 spiro atoms. The molecule has 0 saturated carbocycles. The number of amides is 1. The average Bonchev–Trinajstić information content (AvgIpc) is 2.95. The molecule has 1 atom stereocenters. The Bertz CT molecular complexity index is 557. The van der Waals surface area contributed by atoms with Crippen molar-refractivity contribution in [1.82, 2.24) is 10.2 Å². The molecule has 2 rings (SSSR count). The fraction of sp³-hybridized carbons (Fsp3) is 0.357. The van der Waals surface area contributed by atoms with E-state index in [-0.39, 0.29) is 5.91 Å². The molecule has 1 N–H and O–H groups in total. The number of nitrogens with one attached hydrogen (secondary N) is 1. The molecule has 4 nitrogen and oxygen atoms in total. The van der Waals surface area contributed by atoms with E-state index in [1.165, 1.54) is 11.3 Å². The number of rotatable bonds is 6. The van der Waals surface area contributed by atoms with Gasteiger partial charge in [0.25, 0.3) is 5.91 Å². The van der Waals surface area contributed by atoms with Crippen LogP contribution in [0.1, 0.15) is 30.1 Å². The van der Waals surface area contributed by atoms with E-state index in [1.54, 1.807) is 11.8 Å². The minimum absolute atomic E-state index is 0.205. The second-order valence-electron chi connectivity index (χ2n) is 4.52. The molecule has 1 aromatic heterocycles. The van der Waals surface area contributed by atoms with E-state index in [2.05, 4.69) is 29.4 Å². The molecule has 0 radical (unpaired) electrons. The Hall–Kier alpha value is -1.40. The maximum atomic E-state index is 12.0. The molecule has 1 heterocycles. The predicted molar refractivity (Wildman–Crippen MR) is 84.5 cm³/mol. The number of thioether (sulfide) groups is 1. The summed E-state index contributed by atoms with van der Waals surface area (Å²) in [6.45, 7) is 4.38. The van der Waals surface area contributed by atoms with Gasteiger partial charge < -0.3 is 5.32 Å². The molecule has 0 aliphatic rings. The van der Waals surface area contributed by atoms with Crippen molar-refractivity contribution in [3.05, 3.63) is 35.3 Å². The van der Waals surface area contributed by atoms with Gasteiger partial charge in [-0.3, -0.25) is 4.79 Å². The number of hydrogen-bond donors (Lipinski definition) is 1. The van der Waals surface area contributed by atoms with Gasteiger partial charge in [0, 0.05) is 11.4 Å². The van der Waals surface area contributed by atoms with E-state index in [9.17, 15) is 4.79 Å². The first-order valence-electron chi connectivity index (χ1n) is 6.51. The molecule has 1 amide bonds. The third-order valence-electron chi connectivity index (χ3n) is 2.82. The number of nitrogens with zero attached hydrogens (tertiary/aromatic N) is 2. The van der Waals surface area contributed by atoms with Crippen LogP contribution in [0.15, 0.2) is 34.7 Å². The van der Waals surface area contributed by atoms with Gasteiger partial charge in [-0.1, -0.05) is 61.6 Å². The first-order valence-corrected chi connectivity index (χ1v) is 8.32. The Morgan fingerprint density at radius 3 is 2.80 bits per heavy atom. The van der Waals surface area contributed by atoms with Gasteiger partial charge in [0.05, 0.1) is 0 Å². The van der Waals surface area contributed by atoms with Crippen molar-refractivity contribution in [2.45, 2.75) is 24.6 Å². The fourth-order valence-corrected chi connectivity index (χ4v) is 3.31. The Morgan fingerprint density at radius 2 is 2.10 bits per heavy atom. The summed E-state index contributed by atoms with van der Waals surface area (Å²) in [6.07, 6.45) is 1.15. The zero-order valence-corrected chi connectivity index (χ0v) is 13.1. The third-order valence-corrected chi connectivity index (χ3v) is 5.21. The number of benzene rings is 1. The summed E-state index contributed by atoms with van der Waals surface area (Å²) in [5.41, 5.74) is 0.765. The lowest BCUT2D eigenvalue weighted by molar-refractivity contribution is 0.102. The predicted octanol–water partition coefficient (Wildman–Crippen LogP) is 3.93. The molecular formula is C14H17N3OS2. The Balaban J connectivity index is 1.93. The molecule has 1 aromatic carbocycles. The number of aromatic nitrogens is 2. The molecule has 0 saturated heterocycles. The van der Waals surface area contributed by atoms with E-state index < -0.39 is 0 Å². The fourth-order valence-electron chi connectivity index (χ4n) is 1.40. The molecule has 1 unspecified atom stereocenters. The summed E-state index contributed by atoms with van der Waals surface area (Å²) >= 11 is 3.00. The first-order chi connectivity index (χ1) is 9.69. The first kappa shape index (κ1) is 15.0. The van der Waals surface area contributed by atoms with Gasteiger partial charge in [0.2, 0.25) is 5.01 Å². The number of hydrogen-bond acceptors (Lipinski definition) is 5. The molecule has 0 fully saturated rings. The van der Waals surface area contributed by atoms with Gasteiger partial charge in [0.15, 0.2) is 4.34 Å². The third kappa shape index (κ3) is 4.31. The van der Waals surface area contributed by atoms with E-state index in [0.29, 0.717) is 10.9 Å². The lowest BCUT2D eigenvalue weighted by atomic mass is 10.2. The summed E-state index contributed by atoms with van der Waals surface area (Å²) in [5, 5.41) is 11.2. The lowest BCUT2D eigenvalue weighted by Gasteiger charge is -2.04. The number of carbonyl (C=O) groups excluding carboxylic acids is 1. The van der Waals surface area contributed by atoms with Gasteiger partial charge in [0.1, 0.15) is 0 Å². The SMILES string of the molecule is CCC(C)CSc1nnc(C(=O)Nc2ccccc2)s1. The van der Waals surface area contributed by atoms with E-state index in [0.717, 1.165) is 22.2 Å². The van der Waals surface area contributed by atoms with Crippen molar-refractivity contribution < 1.29 is 4.79 Å². The molecular weight excluding hydrogens is 290 g/mol. The quantitative estimate of drug-likeness (QED) is 0.822. The Labute approximate surface area is 127 Å². The highest BCUT2D eigenvalue weighted by Crippen LogP contribution is 2.25. The second kappa shape index (κ2) is 7.40. The molecule has 2 aromatic rings. The van der Waals surface area contributed by atoms with Crippen LogP contribution in [0.2, 0.25) is 0 Å². The van der Waals surface area contributed by atoms with Crippen molar-refractivity contribution in [3.8, 4) is 0 Å². The Morgan fingerprint density at radius 1 is 1.35 bits per heavy atom. The van der Waals surface area contributed by atoms with Crippen LogP contribution in [0, 0.1) is 5.92 Å². The summed E-state index contributed by atoms with van der Waals surface area (Å²) in [7, 11) is 0. The lowest BCUT2D eigenvalue weighted by Crippen LogP contribution is -2.11. The van der Waals surface area contributed by atoms with Crippen molar-refractivity contribution in [1.29, 1.82) is 0 Å². The standard InChI is InChI=1S/C14H17N3OS2/c1-3-10(2)9-19-14-17-16-13(20-14)12(18)15-11-7-5-4-6-8-11/h4-8,10H,3,9H2,1-2H3,(H,15,18). The summed E-state index contributed by atoms with van der Waals surface area (Å²) in [6, 6.07) is 9.35. The van der Waals surface area contributed by atoms with Crippen LogP contribution in [0.3, 0.4) is 0 Å². The maximum Gasteiger partial charge on any atom is 0.286 e. The zero-order chi connectivity index (χ0) is 14.4. The average molecular weight is 307 g/mol. The van der Waals surface area contributed by atoms with Crippen LogP contribution < -0.4 is 5.32 Å². The minimum atomic E-state index is -0.205. The zero-order valence-electron chi connectivity index (χ0n) is 11.5. The van der Waals surface area contributed by atoms with Crippen molar-refractivity contribution in [2.75, 3.05) is 11.1 Å². The van der Waals surface area contributed by atoms with Crippen LogP contribution in [0.4, 0.5) is 5.69 Å². The number of carbonyl (C=O) groups is 1. The minimum Gasteiger partial charge on any atom is -0.320 e. The monoisotopic (exact) mass is 307 g/mol. The van der Waals surface area contributed by atoms with E-state index in [4.69, 9.17) is 0 Å².